The SMILES string of the molecule is CC[C@@]1(O)C(=O)OCc2c1cc1n(c2=O)Cc2c-1nc1ccc(CNC)c3c1c2C(F)(F)C(F)(F)C3. The largest absolute Gasteiger partial charge is 0.458 e. The number of nitrogens with zero attached hydrogens (tertiary/aromatic N) is 2. The summed E-state index contributed by atoms with van der Waals surface area (Å²) in [6.07, 6.45) is -1.22. The average molecular weight is 503 g/mol. The zero-order valence-electron chi connectivity index (χ0n) is 19.3. The van der Waals surface area contributed by atoms with Crippen LogP contribution in [-0.2, 0) is 47.2 Å². The summed E-state index contributed by atoms with van der Waals surface area (Å²) in [5.74, 6) is -9.78. The number of cyclic esters (lactones) is 1. The molecule has 0 bridgehead atoms. The number of aromatic nitrogens is 2. The molecular formula is C25H21F4N3O4. The van der Waals surface area contributed by atoms with Gasteiger partial charge in [0.15, 0.2) is 5.60 Å². The van der Waals surface area contributed by atoms with Gasteiger partial charge in [0.1, 0.15) is 6.61 Å². The van der Waals surface area contributed by atoms with Crippen LogP contribution < -0.4 is 10.9 Å². The van der Waals surface area contributed by atoms with Gasteiger partial charge in [-0.1, -0.05) is 13.0 Å². The van der Waals surface area contributed by atoms with Crippen molar-refractivity contribution in [2.45, 2.75) is 56.9 Å². The van der Waals surface area contributed by atoms with E-state index in [2.05, 4.69) is 10.3 Å². The number of ether oxygens (including phenoxy) is 1. The minimum absolute atomic E-state index is 0.0165. The van der Waals surface area contributed by atoms with Gasteiger partial charge in [-0.2, -0.15) is 17.6 Å². The van der Waals surface area contributed by atoms with E-state index < -0.39 is 47.5 Å². The van der Waals surface area contributed by atoms with E-state index in [9.17, 15) is 23.5 Å². The molecule has 2 N–H and O–H groups in total. The normalized spacial score (nSPS) is 22.7. The predicted molar refractivity (Wildman–Crippen MR) is 120 cm³/mol. The fraction of sp³-hybridized carbons (Fsp3) is 0.400. The van der Waals surface area contributed by atoms with Crippen LogP contribution in [0.5, 0.6) is 0 Å². The van der Waals surface area contributed by atoms with Crippen LogP contribution in [0.25, 0.3) is 22.3 Å². The Bertz CT molecular complexity index is 1570. The monoisotopic (exact) mass is 503 g/mol. The van der Waals surface area contributed by atoms with Crippen LogP contribution in [0.1, 0.15) is 46.7 Å². The fourth-order valence-corrected chi connectivity index (χ4v) is 5.71. The van der Waals surface area contributed by atoms with E-state index in [1.807, 2.05) is 0 Å². The van der Waals surface area contributed by atoms with Crippen LogP contribution in [0.3, 0.4) is 0 Å². The highest BCUT2D eigenvalue weighted by Gasteiger charge is 2.62. The van der Waals surface area contributed by atoms with Crippen molar-refractivity contribution in [2.75, 3.05) is 7.05 Å². The first kappa shape index (κ1) is 23.1. The zero-order valence-corrected chi connectivity index (χ0v) is 19.3. The van der Waals surface area contributed by atoms with Gasteiger partial charge in [0, 0.05) is 35.0 Å². The second-order valence-corrected chi connectivity index (χ2v) is 9.50. The van der Waals surface area contributed by atoms with Crippen LogP contribution >= 0.6 is 0 Å². The van der Waals surface area contributed by atoms with E-state index in [1.165, 1.54) is 19.1 Å². The molecule has 4 heterocycles. The highest BCUT2D eigenvalue weighted by molar-refractivity contribution is 5.93. The van der Waals surface area contributed by atoms with E-state index in [1.54, 1.807) is 13.1 Å². The molecule has 188 valence electrons. The first-order chi connectivity index (χ1) is 17.0. The molecule has 0 saturated heterocycles. The molecule has 0 radical (unpaired) electrons. The zero-order chi connectivity index (χ0) is 25.8. The van der Waals surface area contributed by atoms with E-state index in [4.69, 9.17) is 4.74 Å². The van der Waals surface area contributed by atoms with Crippen LogP contribution in [0.2, 0.25) is 0 Å². The molecule has 0 spiro atoms. The molecule has 3 aromatic rings. The van der Waals surface area contributed by atoms with Crippen molar-refractivity contribution in [1.29, 1.82) is 0 Å². The van der Waals surface area contributed by atoms with Crippen molar-refractivity contribution in [3.05, 3.63) is 61.9 Å². The molecule has 0 unspecified atom stereocenters. The number of hydrogen-bond donors (Lipinski definition) is 2. The number of carbonyl (C=O) groups is 1. The summed E-state index contributed by atoms with van der Waals surface area (Å²) in [4.78, 5) is 30.3. The number of hydrogen-bond acceptors (Lipinski definition) is 6. The lowest BCUT2D eigenvalue weighted by atomic mass is 9.80. The molecule has 2 aromatic heterocycles. The maximum absolute atomic E-state index is 15.5. The number of aliphatic hydroxyl groups is 1. The van der Waals surface area contributed by atoms with Crippen molar-refractivity contribution >= 4 is 16.9 Å². The lowest BCUT2D eigenvalue weighted by molar-refractivity contribution is -0.217. The van der Waals surface area contributed by atoms with Crippen molar-refractivity contribution in [3.63, 3.8) is 0 Å². The third-order valence-electron chi connectivity index (χ3n) is 7.60. The summed E-state index contributed by atoms with van der Waals surface area (Å²) in [5, 5.41) is 13.8. The van der Waals surface area contributed by atoms with Gasteiger partial charge in [-0.15, -0.1) is 0 Å². The quantitative estimate of drug-likeness (QED) is 0.330. The van der Waals surface area contributed by atoms with E-state index in [0.29, 0.717) is 5.56 Å². The second kappa shape index (κ2) is 7.13. The summed E-state index contributed by atoms with van der Waals surface area (Å²) in [6.45, 7) is 0.965. The van der Waals surface area contributed by atoms with E-state index >= 15 is 8.78 Å². The highest BCUT2D eigenvalue weighted by atomic mass is 19.3. The van der Waals surface area contributed by atoms with Crippen LogP contribution in [0.15, 0.2) is 23.0 Å². The molecule has 11 heteroatoms. The Balaban J connectivity index is 1.70. The van der Waals surface area contributed by atoms with Crippen molar-refractivity contribution in [3.8, 4) is 11.4 Å². The number of alkyl halides is 4. The molecule has 0 fully saturated rings. The third kappa shape index (κ3) is 2.67. The Morgan fingerprint density at radius 3 is 2.61 bits per heavy atom. The molecular weight excluding hydrogens is 482 g/mol. The number of esters is 1. The summed E-state index contributed by atoms with van der Waals surface area (Å²) >= 11 is 0. The van der Waals surface area contributed by atoms with E-state index in [-0.39, 0.29) is 64.1 Å². The molecule has 1 aromatic carbocycles. The van der Waals surface area contributed by atoms with Crippen LogP contribution in [0.4, 0.5) is 17.6 Å². The van der Waals surface area contributed by atoms with Gasteiger partial charge in [-0.3, -0.25) is 4.79 Å². The predicted octanol–water partition coefficient (Wildman–Crippen LogP) is 3.08. The molecule has 2 aliphatic heterocycles. The number of nitrogens with one attached hydrogen (secondary N) is 1. The minimum Gasteiger partial charge on any atom is -0.458 e. The molecule has 1 aliphatic carbocycles. The van der Waals surface area contributed by atoms with E-state index in [0.717, 1.165) is 4.57 Å². The van der Waals surface area contributed by atoms with Crippen molar-refractivity contribution in [2.24, 2.45) is 0 Å². The smallest absolute Gasteiger partial charge is 0.343 e. The first-order valence-electron chi connectivity index (χ1n) is 11.5. The summed E-state index contributed by atoms with van der Waals surface area (Å²) in [5.41, 5.74) is -2.99. The minimum atomic E-state index is -4.50. The molecule has 6 rings (SSSR count). The number of pyridine rings is 2. The molecule has 0 saturated carbocycles. The Kier molecular flexibility index (Phi) is 4.58. The van der Waals surface area contributed by atoms with Crippen molar-refractivity contribution in [1.82, 2.24) is 14.9 Å². The van der Waals surface area contributed by atoms with Crippen LogP contribution in [-0.4, -0.2) is 33.6 Å². The Labute approximate surface area is 201 Å². The molecule has 7 nitrogen and oxygen atoms in total. The fourth-order valence-electron chi connectivity index (χ4n) is 5.71. The van der Waals surface area contributed by atoms with Gasteiger partial charge in [-0.05, 0) is 36.7 Å². The number of carbonyl (C=O) groups excluding carboxylic acids is 1. The second-order valence-electron chi connectivity index (χ2n) is 9.50. The number of halogens is 4. The molecule has 3 aliphatic rings. The maximum atomic E-state index is 15.5. The standard InChI is InChI=1S/C25H21F4N3O4/c1-3-23(35)15-6-17-20-13(9-32(17)21(33)14(15)10-36-22(23)34)19-18-12(7-24(26,27)25(19,28)29)11(8-30-2)4-5-16(18)31-20/h4-6,30,35H,3,7-10H2,1-2H3/t23-/m0/s1. The molecule has 36 heavy (non-hydrogen) atoms. The summed E-state index contributed by atoms with van der Waals surface area (Å²) in [6, 6.07) is 4.46. The van der Waals surface area contributed by atoms with Gasteiger partial charge >= 0.3 is 17.8 Å². The molecule has 1 atom stereocenters. The Morgan fingerprint density at radius 2 is 1.92 bits per heavy atom. The van der Waals surface area contributed by atoms with Crippen molar-refractivity contribution < 1.29 is 32.2 Å². The number of rotatable bonds is 3. The molecule has 0 amide bonds. The van der Waals surface area contributed by atoms with Crippen LogP contribution in [0, 0.1) is 0 Å². The maximum Gasteiger partial charge on any atom is 0.343 e. The van der Waals surface area contributed by atoms with Gasteiger partial charge in [0.05, 0.1) is 29.0 Å². The summed E-state index contributed by atoms with van der Waals surface area (Å²) < 4.78 is 67.1. The Morgan fingerprint density at radius 1 is 1.17 bits per heavy atom. The summed E-state index contributed by atoms with van der Waals surface area (Å²) in [7, 11) is 1.63. The lowest BCUT2D eigenvalue weighted by Crippen LogP contribution is -2.44. The van der Waals surface area contributed by atoms with Gasteiger partial charge in [0.2, 0.25) is 0 Å². The third-order valence-corrected chi connectivity index (χ3v) is 7.60. The lowest BCUT2D eigenvalue weighted by Gasteiger charge is -2.35. The number of benzene rings is 1. The van der Waals surface area contributed by atoms with Gasteiger partial charge in [0.25, 0.3) is 5.56 Å². The first-order valence-corrected chi connectivity index (χ1v) is 11.5. The van der Waals surface area contributed by atoms with Gasteiger partial charge in [-0.25, -0.2) is 9.78 Å². The Hall–Kier alpha value is -3.31. The van der Waals surface area contributed by atoms with Gasteiger partial charge < -0.3 is 19.7 Å². The number of fused-ring (bicyclic) bond motifs is 5. The highest BCUT2D eigenvalue weighted by Crippen LogP contribution is 2.55. The topological polar surface area (TPSA) is 93.5 Å². The average Bonchev–Trinajstić information content (AvgIpc) is 3.19.